The van der Waals surface area contributed by atoms with Gasteiger partial charge in [0.25, 0.3) is 7.82 Å². The number of carbonyl (C=O) groups excluding carboxylic acids is 1. The number of unbranched alkanes of at least 4 members (excludes halogenated alkanes) is 35. The van der Waals surface area contributed by atoms with E-state index in [1.807, 2.05) is 27.2 Å². The highest BCUT2D eigenvalue weighted by Gasteiger charge is 2.23. The van der Waals surface area contributed by atoms with Crippen molar-refractivity contribution in [3.05, 3.63) is 60.8 Å². The van der Waals surface area contributed by atoms with E-state index >= 15 is 0 Å². The molecular weight excluding hydrogens is 912 g/mol. The van der Waals surface area contributed by atoms with Crippen LogP contribution in [0, 0.1) is 0 Å². The Morgan fingerprint density at radius 3 is 1.24 bits per heavy atom. The van der Waals surface area contributed by atoms with Crippen molar-refractivity contribution in [3.63, 3.8) is 0 Å². The van der Waals surface area contributed by atoms with Crippen LogP contribution in [0.5, 0.6) is 0 Å². The van der Waals surface area contributed by atoms with E-state index < -0.39 is 26.6 Å². The van der Waals surface area contributed by atoms with Gasteiger partial charge in [-0.25, -0.2) is 0 Å². The average Bonchev–Trinajstić information content (AvgIpc) is 3.34. The summed E-state index contributed by atoms with van der Waals surface area (Å²) in [6, 6.07) is -0.910. The van der Waals surface area contributed by atoms with Crippen LogP contribution < -0.4 is 10.2 Å². The second kappa shape index (κ2) is 54.0. The van der Waals surface area contributed by atoms with Crippen molar-refractivity contribution in [2.24, 2.45) is 0 Å². The van der Waals surface area contributed by atoms with Gasteiger partial charge in [0, 0.05) is 6.42 Å². The fourth-order valence-corrected chi connectivity index (χ4v) is 9.59. The van der Waals surface area contributed by atoms with Crippen molar-refractivity contribution in [3.8, 4) is 0 Å². The van der Waals surface area contributed by atoms with Gasteiger partial charge in [0.05, 0.1) is 39.9 Å². The number of nitrogens with zero attached hydrogens (tertiary/aromatic N) is 1. The molecule has 0 aromatic heterocycles. The van der Waals surface area contributed by atoms with Crippen LogP contribution in [0.4, 0.5) is 0 Å². The number of likely N-dealkylation sites (N-methyl/N-ethyl adjacent to an activating group) is 1. The molecule has 1 amide bonds. The number of allylic oxidation sites excluding steroid dienone is 9. The Morgan fingerprint density at radius 1 is 0.486 bits per heavy atom. The molecule has 0 spiro atoms. The zero-order valence-corrected chi connectivity index (χ0v) is 49.0. The summed E-state index contributed by atoms with van der Waals surface area (Å²) < 4.78 is 23.3. The summed E-state index contributed by atoms with van der Waals surface area (Å²) in [5.41, 5.74) is 0. The van der Waals surface area contributed by atoms with Gasteiger partial charge in [-0.3, -0.25) is 9.36 Å². The summed E-state index contributed by atoms with van der Waals surface area (Å²) in [7, 11) is 1.24. The minimum Gasteiger partial charge on any atom is -0.756 e. The summed E-state index contributed by atoms with van der Waals surface area (Å²) in [5.74, 6) is -0.211. The normalized spacial score (nSPS) is 14.3. The molecule has 0 bridgehead atoms. The number of aliphatic hydroxyl groups excluding tert-OH is 1. The van der Waals surface area contributed by atoms with Crippen LogP contribution in [0.3, 0.4) is 0 Å². The van der Waals surface area contributed by atoms with Gasteiger partial charge in [-0.15, -0.1) is 0 Å². The zero-order valence-electron chi connectivity index (χ0n) is 48.1. The fraction of sp³-hybridized carbons (Fsp3) is 0.825. The number of phosphoric acid groups is 1. The number of hydrogen-bond acceptors (Lipinski definition) is 6. The largest absolute Gasteiger partial charge is 0.756 e. The Morgan fingerprint density at radius 2 is 0.819 bits per heavy atom. The minimum atomic E-state index is -4.61. The van der Waals surface area contributed by atoms with Crippen LogP contribution in [0.2, 0.25) is 0 Å². The first-order chi connectivity index (χ1) is 35.0. The average molecular weight is 1030 g/mol. The molecule has 0 aliphatic heterocycles. The molecule has 0 aromatic rings. The number of amides is 1. The summed E-state index contributed by atoms with van der Waals surface area (Å²) in [5, 5.41) is 13.8. The molecule has 422 valence electrons. The highest BCUT2D eigenvalue weighted by atomic mass is 31.2. The molecular formula is C63H119N2O6P. The first kappa shape index (κ1) is 70.2. The first-order valence-electron chi connectivity index (χ1n) is 30.7. The number of rotatable bonds is 56. The van der Waals surface area contributed by atoms with Crippen LogP contribution >= 0.6 is 7.82 Å². The lowest BCUT2D eigenvalue weighted by Gasteiger charge is -2.29. The SMILES string of the molecule is CCCCC/C=C/CC/C=C/CC/C=C/C(O)C(COP(=O)([O-])OCC[N+](C)(C)C)NC(=O)CCCCCCCCCCCCCCCCCCC/C=C\C/C=C\CCCCCCCCCCCCCCC. The van der Waals surface area contributed by atoms with Gasteiger partial charge in [-0.1, -0.05) is 261 Å². The molecule has 8 nitrogen and oxygen atoms in total. The summed E-state index contributed by atoms with van der Waals surface area (Å²) in [6.45, 7) is 4.60. The highest BCUT2D eigenvalue weighted by Crippen LogP contribution is 2.38. The fourth-order valence-electron chi connectivity index (χ4n) is 8.86. The molecule has 0 radical (unpaired) electrons. The number of aliphatic hydroxyl groups is 1. The van der Waals surface area contributed by atoms with Crippen molar-refractivity contribution in [2.45, 2.75) is 296 Å². The van der Waals surface area contributed by atoms with E-state index in [0.29, 0.717) is 17.4 Å². The van der Waals surface area contributed by atoms with Gasteiger partial charge >= 0.3 is 0 Å². The Kier molecular flexibility index (Phi) is 52.7. The van der Waals surface area contributed by atoms with E-state index in [2.05, 4.69) is 67.8 Å². The Balaban J connectivity index is 3.96. The maximum atomic E-state index is 12.9. The molecule has 0 fully saturated rings. The monoisotopic (exact) mass is 1030 g/mol. The molecule has 9 heteroatoms. The molecule has 0 saturated carbocycles. The van der Waals surface area contributed by atoms with Gasteiger partial charge in [0.2, 0.25) is 5.91 Å². The predicted octanol–water partition coefficient (Wildman–Crippen LogP) is 18.2. The molecule has 2 N–H and O–H groups in total. The topological polar surface area (TPSA) is 108 Å². The lowest BCUT2D eigenvalue weighted by Crippen LogP contribution is -2.45. The quantitative estimate of drug-likeness (QED) is 0.0272. The molecule has 72 heavy (non-hydrogen) atoms. The van der Waals surface area contributed by atoms with Crippen molar-refractivity contribution in [2.75, 3.05) is 40.9 Å². The molecule has 0 heterocycles. The Bertz CT molecular complexity index is 1360. The Labute approximate surface area is 447 Å². The summed E-state index contributed by atoms with van der Waals surface area (Å²) >= 11 is 0. The number of quaternary nitrogens is 1. The standard InChI is InChI=1S/C63H119N2O6P/c1-6-8-10-12-14-16-18-20-21-22-23-24-25-26-27-28-29-30-31-32-33-34-35-36-37-38-39-40-41-42-43-45-47-49-51-53-55-57-63(67)64-61(60-71-72(68,69)70-59-58-65(3,4)5)62(66)56-54-52-50-48-46-44-19-17-15-13-11-9-7-2/h15,17,27-28,30-31,46,48,54,56,61-62,66H,6-14,16,18-26,29,32-45,47,49-53,55,57-60H2,1-5H3,(H-,64,67,68,69)/b17-15+,28-27-,31-30-,48-46+,56-54+. The molecule has 3 atom stereocenters. The van der Waals surface area contributed by atoms with Gasteiger partial charge in [-0.2, -0.15) is 0 Å². The van der Waals surface area contributed by atoms with E-state index in [1.165, 1.54) is 205 Å². The Hall–Kier alpha value is -1.80. The first-order valence-corrected chi connectivity index (χ1v) is 32.1. The molecule has 0 saturated heterocycles. The molecule has 0 aliphatic carbocycles. The lowest BCUT2D eigenvalue weighted by molar-refractivity contribution is -0.870. The number of phosphoric ester groups is 1. The molecule has 0 aromatic carbocycles. The van der Waals surface area contributed by atoms with E-state index in [4.69, 9.17) is 9.05 Å². The molecule has 3 unspecified atom stereocenters. The van der Waals surface area contributed by atoms with Gasteiger partial charge in [0.15, 0.2) is 0 Å². The second-order valence-electron chi connectivity index (χ2n) is 22.0. The third-order valence-electron chi connectivity index (χ3n) is 13.7. The second-order valence-corrected chi connectivity index (χ2v) is 23.4. The highest BCUT2D eigenvalue weighted by molar-refractivity contribution is 7.45. The zero-order chi connectivity index (χ0) is 52.7. The number of carbonyl (C=O) groups is 1. The van der Waals surface area contributed by atoms with Crippen molar-refractivity contribution in [1.29, 1.82) is 0 Å². The maximum absolute atomic E-state index is 12.9. The third kappa shape index (κ3) is 55.9. The predicted molar refractivity (Wildman–Crippen MR) is 311 cm³/mol. The van der Waals surface area contributed by atoms with Gasteiger partial charge in [0.1, 0.15) is 13.2 Å². The van der Waals surface area contributed by atoms with Gasteiger partial charge < -0.3 is 28.8 Å². The van der Waals surface area contributed by atoms with Crippen LogP contribution in [0.15, 0.2) is 60.8 Å². The number of nitrogens with one attached hydrogen (secondary N) is 1. The van der Waals surface area contributed by atoms with Gasteiger partial charge in [-0.05, 0) is 77.0 Å². The maximum Gasteiger partial charge on any atom is 0.268 e. The van der Waals surface area contributed by atoms with E-state index in [1.54, 1.807) is 6.08 Å². The minimum absolute atomic E-state index is 0.00988. The van der Waals surface area contributed by atoms with E-state index in [0.717, 1.165) is 57.8 Å². The lowest BCUT2D eigenvalue weighted by atomic mass is 10.0. The van der Waals surface area contributed by atoms with Crippen LogP contribution in [0.1, 0.15) is 284 Å². The third-order valence-corrected chi connectivity index (χ3v) is 14.6. The molecule has 0 aliphatic rings. The van der Waals surface area contributed by atoms with Crippen molar-refractivity contribution in [1.82, 2.24) is 5.32 Å². The van der Waals surface area contributed by atoms with Crippen LogP contribution in [0.25, 0.3) is 0 Å². The molecule has 0 rings (SSSR count). The van der Waals surface area contributed by atoms with Crippen molar-refractivity contribution >= 4 is 13.7 Å². The summed E-state index contributed by atoms with van der Waals surface area (Å²) in [6.07, 6.45) is 73.4. The van der Waals surface area contributed by atoms with E-state index in [9.17, 15) is 19.4 Å². The van der Waals surface area contributed by atoms with Crippen molar-refractivity contribution < 1.29 is 32.9 Å². The van der Waals surface area contributed by atoms with Crippen LogP contribution in [-0.2, 0) is 18.4 Å². The van der Waals surface area contributed by atoms with Crippen LogP contribution in [-0.4, -0.2) is 68.5 Å². The van der Waals surface area contributed by atoms with E-state index in [-0.39, 0.29) is 12.5 Å². The number of hydrogen-bond donors (Lipinski definition) is 2. The summed E-state index contributed by atoms with van der Waals surface area (Å²) in [4.78, 5) is 25.4. The smallest absolute Gasteiger partial charge is 0.268 e.